The van der Waals surface area contributed by atoms with E-state index in [1.807, 2.05) is 13.8 Å². The zero-order valence-corrected chi connectivity index (χ0v) is 10.2. The SMILES string of the molecule is CC(C)(CC1CCC(CO)CC1)NC(=O)O. The molecule has 0 aromatic rings. The fraction of sp³-hybridized carbons (Fsp3) is 0.917. The minimum Gasteiger partial charge on any atom is -0.465 e. The van der Waals surface area contributed by atoms with Gasteiger partial charge in [0.2, 0.25) is 0 Å². The van der Waals surface area contributed by atoms with E-state index in [1.165, 1.54) is 0 Å². The molecule has 94 valence electrons. The van der Waals surface area contributed by atoms with Crippen LogP contribution < -0.4 is 5.32 Å². The van der Waals surface area contributed by atoms with Crippen LogP contribution in [0, 0.1) is 11.8 Å². The zero-order valence-electron chi connectivity index (χ0n) is 10.2. The van der Waals surface area contributed by atoms with Crippen molar-refractivity contribution < 1.29 is 15.0 Å². The number of rotatable bonds is 4. The Morgan fingerprint density at radius 2 is 1.75 bits per heavy atom. The Morgan fingerprint density at radius 1 is 1.25 bits per heavy atom. The van der Waals surface area contributed by atoms with E-state index < -0.39 is 6.09 Å². The van der Waals surface area contributed by atoms with Crippen molar-refractivity contribution >= 4 is 6.09 Å². The van der Waals surface area contributed by atoms with Crippen LogP contribution in [0.3, 0.4) is 0 Å². The maximum absolute atomic E-state index is 10.6. The number of carboxylic acid groups (broad SMARTS) is 1. The minimum absolute atomic E-state index is 0.295. The van der Waals surface area contributed by atoms with Gasteiger partial charge in [0.15, 0.2) is 0 Å². The molecule has 16 heavy (non-hydrogen) atoms. The smallest absolute Gasteiger partial charge is 0.405 e. The molecule has 0 aromatic carbocycles. The molecule has 1 saturated carbocycles. The zero-order chi connectivity index (χ0) is 12.2. The quantitative estimate of drug-likeness (QED) is 0.692. The minimum atomic E-state index is -0.950. The van der Waals surface area contributed by atoms with Crippen molar-refractivity contribution in [2.24, 2.45) is 11.8 Å². The average molecular weight is 229 g/mol. The molecule has 0 aromatic heterocycles. The van der Waals surface area contributed by atoms with Crippen LogP contribution >= 0.6 is 0 Å². The standard InChI is InChI=1S/C12H23NO3/c1-12(2,13-11(15)16)7-9-3-5-10(8-14)6-4-9/h9-10,13-14H,3-8H2,1-2H3,(H,15,16). The Bertz CT molecular complexity index is 232. The van der Waals surface area contributed by atoms with E-state index in [-0.39, 0.29) is 5.54 Å². The second-order valence-electron chi connectivity index (χ2n) is 5.59. The molecule has 4 heteroatoms. The monoisotopic (exact) mass is 229 g/mol. The highest BCUT2D eigenvalue weighted by Crippen LogP contribution is 2.33. The maximum atomic E-state index is 10.6. The van der Waals surface area contributed by atoms with Gasteiger partial charge in [-0.1, -0.05) is 12.8 Å². The van der Waals surface area contributed by atoms with Gasteiger partial charge in [-0.05, 0) is 44.9 Å². The van der Waals surface area contributed by atoms with Gasteiger partial charge in [0.1, 0.15) is 0 Å². The Morgan fingerprint density at radius 3 is 2.19 bits per heavy atom. The van der Waals surface area contributed by atoms with E-state index in [0.717, 1.165) is 32.1 Å². The molecule has 0 spiro atoms. The summed E-state index contributed by atoms with van der Waals surface area (Å²) in [5, 5.41) is 20.3. The van der Waals surface area contributed by atoms with Crippen molar-refractivity contribution in [1.29, 1.82) is 0 Å². The molecule has 0 bridgehead atoms. The summed E-state index contributed by atoms with van der Waals surface area (Å²) in [6.07, 6.45) is 4.30. The molecule has 1 rings (SSSR count). The molecule has 0 unspecified atom stereocenters. The van der Waals surface area contributed by atoms with Gasteiger partial charge in [-0.25, -0.2) is 4.79 Å². The second kappa shape index (κ2) is 5.53. The summed E-state index contributed by atoms with van der Waals surface area (Å²) in [6, 6.07) is 0. The highest BCUT2D eigenvalue weighted by molar-refractivity contribution is 5.65. The van der Waals surface area contributed by atoms with Gasteiger partial charge in [-0.15, -0.1) is 0 Å². The molecule has 0 heterocycles. The van der Waals surface area contributed by atoms with E-state index in [0.29, 0.717) is 18.4 Å². The lowest BCUT2D eigenvalue weighted by Crippen LogP contribution is -2.44. The van der Waals surface area contributed by atoms with Crippen molar-refractivity contribution in [3.63, 3.8) is 0 Å². The van der Waals surface area contributed by atoms with Crippen LogP contribution in [0.25, 0.3) is 0 Å². The summed E-state index contributed by atoms with van der Waals surface area (Å²) in [5.74, 6) is 1.05. The van der Waals surface area contributed by atoms with Crippen LogP contribution in [0.15, 0.2) is 0 Å². The van der Waals surface area contributed by atoms with Gasteiger partial charge in [-0.3, -0.25) is 0 Å². The maximum Gasteiger partial charge on any atom is 0.405 e. The lowest BCUT2D eigenvalue weighted by Gasteiger charge is -2.33. The lowest BCUT2D eigenvalue weighted by atomic mass is 9.77. The Hall–Kier alpha value is -0.770. The highest BCUT2D eigenvalue weighted by atomic mass is 16.4. The first-order chi connectivity index (χ1) is 7.43. The molecule has 4 nitrogen and oxygen atoms in total. The molecule has 1 aliphatic rings. The van der Waals surface area contributed by atoms with E-state index in [4.69, 9.17) is 10.2 Å². The van der Waals surface area contributed by atoms with Crippen molar-refractivity contribution in [1.82, 2.24) is 5.32 Å². The molecule has 0 radical (unpaired) electrons. The summed E-state index contributed by atoms with van der Waals surface area (Å²) in [4.78, 5) is 10.6. The van der Waals surface area contributed by atoms with Crippen molar-refractivity contribution in [3.8, 4) is 0 Å². The molecule has 0 aliphatic heterocycles. The number of carbonyl (C=O) groups is 1. The molecule has 1 fully saturated rings. The first-order valence-corrected chi connectivity index (χ1v) is 6.05. The lowest BCUT2D eigenvalue weighted by molar-refractivity contribution is 0.145. The largest absolute Gasteiger partial charge is 0.465 e. The second-order valence-corrected chi connectivity index (χ2v) is 5.59. The number of aliphatic hydroxyl groups excluding tert-OH is 1. The van der Waals surface area contributed by atoms with E-state index in [2.05, 4.69) is 5.32 Å². The van der Waals surface area contributed by atoms with Crippen molar-refractivity contribution in [2.75, 3.05) is 6.61 Å². The first-order valence-electron chi connectivity index (χ1n) is 6.05. The summed E-state index contributed by atoms with van der Waals surface area (Å²) in [6.45, 7) is 4.15. The first kappa shape index (κ1) is 13.3. The van der Waals surface area contributed by atoms with Crippen molar-refractivity contribution in [2.45, 2.75) is 51.5 Å². The summed E-state index contributed by atoms with van der Waals surface area (Å²) < 4.78 is 0. The third kappa shape index (κ3) is 4.39. The van der Waals surface area contributed by atoms with Gasteiger partial charge in [0.25, 0.3) is 0 Å². The Balaban J connectivity index is 2.35. The average Bonchev–Trinajstić information content (AvgIpc) is 2.16. The van der Waals surface area contributed by atoms with E-state index in [1.54, 1.807) is 0 Å². The summed E-state index contributed by atoms with van der Waals surface area (Å²) in [7, 11) is 0. The number of hydrogen-bond acceptors (Lipinski definition) is 2. The number of hydrogen-bond donors (Lipinski definition) is 3. The molecule has 1 aliphatic carbocycles. The number of aliphatic hydroxyl groups is 1. The molecular weight excluding hydrogens is 206 g/mol. The highest BCUT2D eigenvalue weighted by Gasteiger charge is 2.28. The van der Waals surface area contributed by atoms with Crippen LogP contribution in [-0.2, 0) is 0 Å². The van der Waals surface area contributed by atoms with E-state index >= 15 is 0 Å². The van der Waals surface area contributed by atoms with Crippen LogP contribution in [0.4, 0.5) is 4.79 Å². The molecule has 0 atom stereocenters. The normalized spacial score (nSPS) is 26.4. The number of nitrogens with one attached hydrogen (secondary N) is 1. The van der Waals surface area contributed by atoms with Gasteiger partial charge in [0, 0.05) is 12.1 Å². The third-order valence-electron chi connectivity index (χ3n) is 3.47. The molecule has 3 N–H and O–H groups in total. The fourth-order valence-electron chi connectivity index (χ4n) is 2.68. The molecule has 0 saturated heterocycles. The van der Waals surface area contributed by atoms with Crippen molar-refractivity contribution in [3.05, 3.63) is 0 Å². The fourth-order valence-corrected chi connectivity index (χ4v) is 2.68. The molecular formula is C12H23NO3. The number of amides is 1. The predicted molar refractivity (Wildman–Crippen MR) is 62.4 cm³/mol. The predicted octanol–water partition coefficient (Wildman–Crippen LogP) is 2.22. The molecule has 1 amide bonds. The van der Waals surface area contributed by atoms with Gasteiger partial charge in [-0.2, -0.15) is 0 Å². The van der Waals surface area contributed by atoms with E-state index in [9.17, 15) is 4.79 Å². The summed E-state index contributed by atoms with van der Waals surface area (Å²) in [5.41, 5.74) is -0.345. The van der Waals surface area contributed by atoms with Gasteiger partial charge in [0.05, 0.1) is 0 Å². The van der Waals surface area contributed by atoms with Crippen LogP contribution in [0.2, 0.25) is 0 Å². The van der Waals surface area contributed by atoms with Crippen LogP contribution in [0.1, 0.15) is 46.0 Å². The van der Waals surface area contributed by atoms with Gasteiger partial charge < -0.3 is 15.5 Å². The Labute approximate surface area is 97.0 Å². The van der Waals surface area contributed by atoms with Crippen LogP contribution in [0.5, 0.6) is 0 Å². The topological polar surface area (TPSA) is 69.6 Å². The van der Waals surface area contributed by atoms with Crippen LogP contribution in [-0.4, -0.2) is 28.5 Å². The Kier molecular flexibility index (Phi) is 4.59. The third-order valence-corrected chi connectivity index (χ3v) is 3.47. The van der Waals surface area contributed by atoms with Gasteiger partial charge >= 0.3 is 6.09 Å². The summed E-state index contributed by atoms with van der Waals surface area (Å²) >= 11 is 0.